The van der Waals surface area contributed by atoms with Gasteiger partial charge in [-0.3, -0.25) is 4.79 Å². The highest BCUT2D eigenvalue weighted by Crippen LogP contribution is 2.21. The number of imidazole rings is 1. The predicted molar refractivity (Wildman–Crippen MR) is 78.1 cm³/mol. The van der Waals surface area contributed by atoms with Crippen molar-refractivity contribution >= 4 is 22.4 Å². The van der Waals surface area contributed by atoms with Crippen molar-refractivity contribution < 1.29 is 4.79 Å². The van der Waals surface area contributed by atoms with Gasteiger partial charge in [-0.2, -0.15) is 0 Å². The zero-order valence-electron chi connectivity index (χ0n) is 10.8. The lowest BCUT2D eigenvalue weighted by atomic mass is 10.0. The first-order chi connectivity index (χ1) is 9.74. The molecule has 3 aromatic rings. The molecule has 0 saturated heterocycles. The zero-order chi connectivity index (χ0) is 13.9. The van der Waals surface area contributed by atoms with Gasteiger partial charge in [-0.05, 0) is 22.9 Å². The van der Waals surface area contributed by atoms with E-state index in [0.29, 0.717) is 17.8 Å². The number of nitrogen functional groups attached to an aromatic ring is 1. The molecule has 1 heterocycles. The molecule has 0 unspecified atom stereocenters. The minimum atomic E-state index is -0.192. The number of hydrogen-bond donors (Lipinski definition) is 3. The van der Waals surface area contributed by atoms with Crippen LogP contribution in [-0.4, -0.2) is 15.9 Å². The summed E-state index contributed by atoms with van der Waals surface area (Å²) in [7, 11) is 0. The number of nitrogens with one attached hydrogen (secondary N) is 2. The van der Waals surface area contributed by atoms with Gasteiger partial charge in [-0.15, -0.1) is 0 Å². The number of fused-ring (bicyclic) bond motifs is 1. The molecule has 0 fully saturated rings. The Morgan fingerprint density at radius 2 is 2.00 bits per heavy atom. The van der Waals surface area contributed by atoms with Gasteiger partial charge in [-0.25, -0.2) is 4.98 Å². The number of aromatic amines is 1. The van der Waals surface area contributed by atoms with Gasteiger partial charge in [0.2, 0.25) is 0 Å². The number of H-pyrrole nitrogens is 1. The van der Waals surface area contributed by atoms with Crippen LogP contribution in [0.1, 0.15) is 16.1 Å². The summed E-state index contributed by atoms with van der Waals surface area (Å²) in [4.78, 5) is 19.0. The Labute approximate surface area is 115 Å². The number of benzene rings is 2. The van der Waals surface area contributed by atoms with Crippen molar-refractivity contribution in [2.75, 3.05) is 5.73 Å². The average molecular weight is 266 g/mol. The first kappa shape index (κ1) is 12.2. The number of carbonyl (C=O) groups excluding carboxylic acids is 1. The van der Waals surface area contributed by atoms with E-state index in [4.69, 9.17) is 5.73 Å². The molecule has 0 aliphatic heterocycles. The van der Waals surface area contributed by atoms with E-state index in [1.807, 2.05) is 36.4 Å². The Morgan fingerprint density at radius 1 is 1.25 bits per heavy atom. The largest absolute Gasteiger partial charge is 0.398 e. The minimum absolute atomic E-state index is 0.192. The van der Waals surface area contributed by atoms with E-state index in [2.05, 4.69) is 15.3 Å². The summed E-state index contributed by atoms with van der Waals surface area (Å²) in [6, 6.07) is 11.4. The summed E-state index contributed by atoms with van der Waals surface area (Å²) < 4.78 is 0. The maximum Gasteiger partial charge on any atom is 0.253 e. The van der Waals surface area contributed by atoms with Gasteiger partial charge in [0.25, 0.3) is 5.91 Å². The number of nitrogens with two attached hydrogens (primary N) is 1. The van der Waals surface area contributed by atoms with Crippen LogP contribution in [0.25, 0.3) is 10.8 Å². The van der Waals surface area contributed by atoms with Crippen LogP contribution in [-0.2, 0) is 6.54 Å². The molecule has 5 nitrogen and oxygen atoms in total. The average Bonchev–Trinajstić information content (AvgIpc) is 2.97. The number of rotatable bonds is 3. The van der Waals surface area contributed by atoms with Crippen molar-refractivity contribution in [3.63, 3.8) is 0 Å². The van der Waals surface area contributed by atoms with Gasteiger partial charge in [0.1, 0.15) is 0 Å². The standard InChI is InChI=1S/C15H14N4O/c16-14-6-11-4-2-1-3-10(11)5-13(14)15(20)18-8-12-7-17-9-19-12/h1-7,9H,8,16H2,(H,17,19)(H,18,20). The van der Waals surface area contributed by atoms with Gasteiger partial charge in [0.05, 0.1) is 24.1 Å². The summed E-state index contributed by atoms with van der Waals surface area (Å²) in [6.07, 6.45) is 3.25. The molecule has 3 rings (SSSR count). The Balaban J connectivity index is 1.85. The number of carbonyl (C=O) groups is 1. The van der Waals surface area contributed by atoms with Crippen LogP contribution in [0.3, 0.4) is 0 Å². The molecule has 1 aromatic heterocycles. The van der Waals surface area contributed by atoms with E-state index >= 15 is 0 Å². The maximum atomic E-state index is 12.2. The second-order valence-electron chi connectivity index (χ2n) is 4.55. The van der Waals surface area contributed by atoms with E-state index in [1.165, 1.54) is 0 Å². The highest BCUT2D eigenvalue weighted by Gasteiger charge is 2.10. The molecule has 0 saturated carbocycles. The Kier molecular flexibility index (Phi) is 3.09. The quantitative estimate of drug-likeness (QED) is 0.634. The first-order valence-corrected chi connectivity index (χ1v) is 6.28. The van der Waals surface area contributed by atoms with Crippen LogP contribution >= 0.6 is 0 Å². The number of aromatic nitrogens is 2. The Hall–Kier alpha value is -2.82. The first-order valence-electron chi connectivity index (χ1n) is 6.28. The van der Waals surface area contributed by atoms with Gasteiger partial charge in [0.15, 0.2) is 0 Å². The fraction of sp³-hybridized carbons (Fsp3) is 0.0667. The van der Waals surface area contributed by atoms with Gasteiger partial charge in [-0.1, -0.05) is 24.3 Å². The third-order valence-corrected chi connectivity index (χ3v) is 3.16. The molecule has 0 atom stereocenters. The Bertz CT molecular complexity index is 750. The van der Waals surface area contributed by atoms with Crippen LogP contribution in [0.15, 0.2) is 48.9 Å². The fourth-order valence-corrected chi connectivity index (χ4v) is 2.11. The molecular formula is C15H14N4O. The number of anilines is 1. The van der Waals surface area contributed by atoms with Crippen molar-refractivity contribution in [2.24, 2.45) is 0 Å². The van der Waals surface area contributed by atoms with Crippen LogP contribution in [0.4, 0.5) is 5.69 Å². The predicted octanol–water partition coefficient (Wildman–Crippen LogP) is 2.08. The highest BCUT2D eigenvalue weighted by molar-refractivity contribution is 6.03. The SMILES string of the molecule is Nc1cc2ccccc2cc1C(=O)NCc1cnc[nH]1. The molecule has 5 heteroatoms. The molecule has 0 radical (unpaired) electrons. The molecule has 0 spiro atoms. The van der Waals surface area contributed by atoms with E-state index in [0.717, 1.165) is 16.5 Å². The minimum Gasteiger partial charge on any atom is -0.398 e. The third-order valence-electron chi connectivity index (χ3n) is 3.16. The van der Waals surface area contributed by atoms with Gasteiger partial charge in [0, 0.05) is 11.9 Å². The molecule has 1 amide bonds. The van der Waals surface area contributed by atoms with Crippen LogP contribution < -0.4 is 11.1 Å². The second-order valence-corrected chi connectivity index (χ2v) is 4.55. The summed E-state index contributed by atoms with van der Waals surface area (Å²) in [5.41, 5.74) is 7.77. The normalized spacial score (nSPS) is 10.6. The number of amides is 1. The van der Waals surface area contributed by atoms with Gasteiger partial charge >= 0.3 is 0 Å². The third kappa shape index (κ3) is 2.33. The van der Waals surface area contributed by atoms with Crippen molar-refractivity contribution in [2.45, 2.75) is 6.54 Å². The Morgan fingerprint density at radius 3 is 2.70 bits per heavy atom. The molecule has 100 valence electrons. The monoisotopic (exact) mass is 266 g/mol. The van der Waals surface area contributed by atoms with E-state index in [1.54, 1.807) is 12.5 Å². The highest BCUT2D eigenvalue weighted by atomic mass is 16.1. The van der Waals surface area contributed by atoms with Crippen LogP contribution in [0.2, 0.25) is 0 Å². The van der Waals surface area contributed by atoms with Crippen molar-refractivity contribution in [3.8, 4) is 0 Å². The topological polar surface area (TPSA) is 83.8 Å². The molecule has 4 N–H and O–H groups in total. The molecular weight excluding hydrogens is 252 g/mol. The summed E-state index contributed by atoms with van der Waals surface area (Å²) in [5.74, 6) is -0.192. The zero-order valence-corrected chi connectivity index (χ0v) is 10.8. The molecule has 0 bridgehead atoms. The molecule has 2 aromatic carbocycles. The smallest absolute Gasteiger partial charge is 0.253 e. The summed E-state index contributed by atoms with van der Waals surface area (Å²) >= 11 is 0. The summed E-state index contributed by atoms with van der Waals surface area (Å²) in [6.45, 7) is 0.394. The second kappa shape index (κ2) is 5.05. The van der Waals surface area contributed by atoms with Crippen LogP contribution in [0.5, 0.6) is 0 Å². The lowest BCUT2D eigenvalue weighted by Crippen LogP contribution is -2.24. The van der Waals surface area contributed by atoms with Crippen molar-refractivity contribution in [1.29, 1.82) is 0 Å². The number of nitrogens with zero attached hydrogens (tertiary/aromatic N) is 1. The van der Waals surface area contributed by atoms with E-state index in [-0.39, 0.29) is 5.91 Å². The molecule has 0 aliphatic rings. The lowest BCUT2D eigenvalue weighted by Gasteiger charge is -2.08. The molecule has 0 aliphatic carbocycles. The van der Waals surface area contributed by atoms with Crippen molar-refractivity contribution in [3.05, 3.63) is 60.2 Å². The maximum absolute atomic E-state index is 12.2. The van der Waals surface area contributed by atoms with Gasteiger partial charge < -0.3 is 16.0 Å². The van der Waals surface area contributed by atoms with Crippen molar-refractivity contribution in [1.82, 2.24) is 15.3 Å². The van der Waals surface area contributed by atoms with E-state index in [9.17, 15) is 4.79 Å². The lowest BCUT2D eigenvalue weighted by molar-refractivity contribution is 0.0951. The number of hydrogen-bond acceptors (Lipinski definition) is 3. The fourth-order valence-electron chi connectivity index (χ4n) is 2.11. The summed E-state index contributed by atoms with van der Waals surface area (Å²) in [5, 5.41) is 4.83. The van der Waals surface area contributed by atoms with E-state index < -0.39 is 0 Å². The molecule has 20 heavy (non-hydrogen) atoms. The van der Waals surface area contributed by atoms with Crippen LogP contribution in [0, 0.1) is 0 Å².